The molecule has 0 bridgehead atoms. The number of hydrogen-bond donors (Lipinski definition) is 0. The first-order valence-electron chi connectivity index (χ1n) is 10.6. The van der Waals surface area contributed by atoms with Crippen LogP contribution in [0.25, 0.3) is 0 Å². The molecule has 1 nitrogen and oxygen atoms in total. The Balaban J connectivity index is 1.92. The van der Waals surface area contributed by atoms with Crippen molar-refractivity contribution in [2.24, 2.45) is 23.7 Å². The lowest BCUT2D eigenvalue weighted by molar-refractivity contribution is -0.316. The normalized spacial score (nSPS) is 38.0. The van der Waals surface area contributed by atoms with Crippen LogP contribution >= 0.6 is 0 Å². The molecule has 0 spiro atoms. The van der Waals surface area contributed by atoms with Crippen molar-refractivity contribution in [3.8, 4) is 0 Å². The highest BCUT2D eigenvalue weighted by atomic mass is 19.3. The van der Waals surface area contributed by atoms with Crippen LogP contribution in [0.5, 0.6) is 0 Å². The fourth-order valence-electron chi connectivity index (χ4n) is 4.96. The van der Waals surface area contributed by atoms with Gasteiger partial charge < -0.3 is 4.74 Å². The molecule has 0 aromatic rings. The molecule has 2 fully saturated rings. The fourth-order valence-corrected chi connectivity index (χ4v) is 4.96. The van der Waals surface area contributed by atoms with Gasteiger partial charge in [0.15, 0.2) is 0 Å². The second-order valence-electron chi connectivity index (χ2n) is 9.15. The minimum atomic E-state index is -4.02. The van der Waals surface area contributed by atoms with E-state index in [1.807, 2.05) is 0 Å². The van der Waals surface area contributed by atoms with Crippen molar-refractivity contribution in [2.45, 2.75) is 109 Å². The van der Waals surface area contributed by atoms with Gasteiger partial charge in [-0.3, -0.25) is 0 Å². The van der Waals surface area contributed by atoms with Gasteiger partial charge in [0.05, 0.1) is 6.10 Å². The molecular formula is C21H34F6O. The Bertz CT molecular complexity index is 454. The van der Waals surface area contributed by atoms with Gasteiger partial charge in [0.25, 0.3) is 0 Å². The minimum absolute atomic E-state index is 0.0808. The van der Waals surface area contributed by atoms with Crippen molar-refractivity contribution in [1.29, 1.82) is 0 Å². The Morgan fingerprint density at radius 3 is 1.93 bits per heavy atom. The van der Waals surface area contributed by atoms with Gasteiger partial charge in [0.2, 0.25) is 0 Å². The molecule has 0 saturated heterocycles. The number of rotatable bonds is 8. The Morgan fingerprint density at radius 1 is 0.893 bits per heavy atom. The van der Waals surface area contributed by atoms with Crippen molar-refractivity contribution in [2.75, 3.05) is 0 Å². The molecule has 28 heavy (non-hydrogen) atoms. The van der Waals surface area contributed by atoms with Crippen LogP contribution in [0.4, 0.5) is 26.3 Å². The third-order valence-electron chi connectivity index (χ3n) is 6.48. The zero-order valence-corrected chi connectivity index (χ0v) is 17.0. The van der Waals surface area contributed by atoms with Gasteiger partial charge in [-0.1, -0.05) is 19.8 Å². The van der Waals surface area contributed by atoms with Crippen LogP contribution < -0.4 is 0 Å². The molecular weight excluding hydrogens is 382 g/mol. The van der Waals surface area contributed by atoms with Crippen LogP contribution in [0.3, 0.4) is 0 Å². The molecule has 0 amide bonds. The molecule has 7 heteroatoms. The molecule has 2 saturated carbocycles. The van der Waals surface area contributed by atoms with E-state index < -0.39 is 55.7 Å². The summed E-state index contributed by atoms with van der Waals surface area (Å²) in [6.45, 7) is 4.55. The first kappa shape index (κ1) is 23.8. The third kappa shape index (κ3) is 6.53. The standard InChI is InChI=1S/C21H34F6O/c1-12-4-6-15(7-5-12)16-10-18(24)20(19(25)11-16)21(26,27)28-14(3)9-17(23)8-13(2)22/h12-20H,4-11H2,1-3H3. The van der Waals surface area contributed by atoms with Crippen molar-refractivity contribution in [3.63, 3.8) is 0 Å². The van der Waals surface area contributed by atoms with Crippen LogP contribution in [-0.4, -0.2) is 36.9 Å². The monoisotopic (exact) mass is 416 g/mol. The van der Waals surface area contributed by atoms with Crippen molar-refractivity contribution in [3.05, 3.63) is 0 Å². The zero-order valence-electron chi connectivity index (χ0n) is 17.0. The summed E-state index contributed by atoms with van der Waals surface area (Å²) in [6, 6.07) is 0. The van der Waals surface area contributed by atoms with E-state index >= 15 is 0 Å². The van der Waals surface area contributed by atoms with Crippen molar-refractivity contribution in [1.82, 2.24) is 0 Å². The SMILES string of the molecule is CC(F)CC(F)CC(C)OC(F)(F)C1C(F)CC(C2CCC(C)CC2)CC1F. The van der Waals surface area contributed by atoms with Crippen LogP contribution in [0.1, 0.15) is 72.1 Å². The van der Waals surface area contributed by atoms with E-state index in [0.29, 0.717) is 5.92 Å². The lowest BCUT2D eigenvalue weighted by Gasteiger charge is -2.42. The fraction of sp³-hybridized carbons (Fsp3) is 1.00. The smallest absolute Gasteiger partial charge is 0.317 e. The maximum Gasteiger partial charge on any atom is 0.364 e. The number of ether oxygens (including phenoxy) is 1. The highest BCUT2D eigenvalue weighted by molar-refractivity contribution is 4.94. The molecule has 0 heterocycles. The third-order valence-corrected chi connectivity index (χ3v) is 6.48. The van der Waals surface area contributed by atoms with Gasteiger partial charge in [-0.25, -0.2) is 17.6 Å². The molecule has 2 aliphatic carbocycles. The molecule has 166 valence electrons. The Hall–Kier alpha value is -0.460. The predicted molar refractivity (Wildman–Crippen MR) is 97.3 cm³/mol. The van der Waals surface area contributed by atoms with Crippen LogP contribution in [0.15, 0.2) is 0 Å². The van der Waals surface area contributed by atoms with E-state index in [1.165, 1.54) is 13.8 Å². The minimum Gasteiger partial charge on any atom is -0.317 e. The average Bonchev–Trinajstić information content (AvgIpc) is 2.52. The Morgan fingerprint density at radius 2 is 1.43 bits per heavy atom. The summed E-state index contributed by atoms with van der Waals surface area (Å²) >= 11 is 0. The van der Waals surface area contributed by atoms with Gasteiger partial charge in [0, 0.05) is 12.8 Å². The summed E-state index contributed by atoms with van der Waals surface area (Å²) in [4.78, 5) is 0. The van der Waals surface area contributed by atoms with Crippen LogP contribution in [-0.2, 0) is 4.74 Å². The molecule has 5 atom stereocenters. The first-order chi connectivity index (χ1) is 13.0. The summed E-state index contributed by atoms with van der Waals surface area (Å²) in [7, 11) is 0. The van der Waals surface area contributed by atoms with Gasteiger partial charge in [-0.2, -0.15) is 8.78 Å². The largest absolute Gasteiger partial charge is 0.364 e. The predicted octanol–water partition coefficient (Wildman–Crippen LogP) is 6.99. The highest BCUT2D eigenvalue weighted by Gasteiger charge is 2.55. The van der Waals surface area contributed by atoms with Gasteiger partial charge in [-0.05, 0) is 57.3 Å². The van der Waals surface area contributed by atoms with E-state index in [-0.39, 0.29) is 24.7 Å². The van der Waals surface area contributed by atoms with E-state index in [0.717, 1.165) is 25.7 Å². The number of alkyl halides is 6. The lowest BCUT2D eigenvalue weighted by Crippen LogP contribution is -2.50. The summed E-state index contributed by atoms with van der Waals surface area (Å²) in [5, 5.41) is 0. The molecule has 5 unspecified atom stereocenters. The molecule has 0 aliphatic heterocycles. The Labute approximate surface area is 164 Å². The second kappa shape index (κ2) is 10.0. The maximum atomic E-state index is 14.6. The summed E-state index contributed by atoms with van der Waals surface area (Å²) in [5.41, 5.74) is 0. The maximum absolute atomic E-state index is 14.6. The zero-order chi connectivity index (χ0) is 21.1. The van der Waals surface area contributed by atoms with Crippen LogP contribution in [0.2, 0.25) is 0 Å². The summed E-state index contributed by atoms with van der Waals surface area (Å²) < 4.78 is 89.3. The van der Waals surface area contributed by atoms with Gasteiger partial charge in [-0.15, -0.1) is 0 Å². The van der Waals surface area contributed by atoms with Crippen LogP contribution in [0, 0.1) is 23.7 Å². The summed E-state index contributed by atoms with van der Waals surface area (Å²) in [5.74, 6) is -1.60. The topological polar surface area (TPSA) is 9.23 Å². The molecule has 0 aromatic heterocycles. The second-order valence-corrected chi connectivity index (χ2v) is 9.15. The number of halogens is 6. The molecule has 2 aliphatic rings. The molecule has 0 aromatic carbocycles. The van der Waals surface area contributed by atoms with E-state index in [9.17, 15) is 26.3 Å². The van der Waals surface area contributed by atoms with Gasteiger partial charge in [0.1, 0.15) is 30.6 Å². The van der Waals surface area contributed by atoms with E-state index in [2.05, 4.69) is 11.7 Å². The number of hydrogen-bond acceptors (Lipinski definition) is 1. The van der Waals surface area contributed by atoms with Crippen molar-refractivity contribution < 1.29 is 31.1 Å². The summed E-state index contributed by atoms with van der Waals surface area (Å²) in [6.07, 6.45) is -9.52. The van der Waals surface area contributed by atoms with E-state index in [1.54, 1.807) is 0 Å². The lowest BCUT2D eigenvalue weighted by atomic mass is 9.68. The molecule has 2 rings (SSSR count). The molecule has 0 N–H and O–H groups in total. The van der Waals surface area contributed by atoms with E-state index in [4.69, 9.17) is 0 Å². The highest BCUT2D eigenvalue weighted by Crippen LogP contribution is 2.48. The first-order valence-corrected chi connectivity index (χ1v) is 10.6. The Kier molecular flexibility index (Phi) is 8.53. The average molecular weight is 416 g/mol. The quantitative estimate of drug-likeness (QED) is 0.388. The molecule has 0 radical (unpaired) electrons. The van der Waals surface area contributed by atoms with Crippen molar-refractivity contribution >= 4 is 0 Å². The van der Waals surface area contributed by atoms with Gasteiger partial charge >= 0.3 is 6.11 Å².